The smallest absolute Gasteiger partial charge is 0.163 e. The van der Waals surface area contributed by atoms with Crippen molar-refractivity contribution in [1.29, 1.82) is 0 Å². The lowest BCUT2D eigenvalue weighted by Gasteiger charge is -2.21. The van der Waals surface area contributed by atoms with Crippen molar-refractivity contribution in [3.05, 3.63) is 34.4 Å². The second-order valence-electron chi connectivity index (χ2n) is 6.06. The number of carbonyl (C=O) groups is 2. The van der Waals surface area contributed by atoms with Gasteiger partial charge in [-0.2, -0.15) is 0 Å². The van der Waals surface area contributed by atoms with Crippen LogP contribution in [0.15, 0.2) is 12.1 Å². The van der Waals surface area contributed by atoms with E-state index in [1.54, 1.807) is 13.8 Å². The van der Waals surface area contributed by atoms with Crippen molar-refractivity contribution in [2.24, 2.45) is 0 Å². The monoisotopic (exact) mass is 358 g/mol. The van der Waals surface area contributed by atoms with Crippen molar-refractivity contribution in [2.75, 3.05) is 14.2 Å². The molecular weight excluding hydrogens is 336 g/mol. The molecular formula is C20H22O6. The highest BCUT2D eigenvalue weighted by molar-refractivity contribution is 6.04. The second kappa shape index (κ2) is 7.07. The van der Waals surface area contributed by atoms with Crippen LogP contribution >= 0.6 is 0 Å². The van der Waals surface area contributed by atoms with Crippen LogP contribution in [0.25, 0.3) is 11.1 Å². The van der Waals surface area contributed by atoms with Crippen LogP contribution in [0, 0.1) is 13.8 Å². The maximum absolute atomic E-state index is 12.0. The zero-order valence-electron chi connectivity index (χ0n) is 15.7. The van der Waals surface area contributed by atoms with Crippen LogP contribution < -0.4 is 9.47 Å². The molecule has 0 aliphatic rings. The number of Topliss-reactive ketones (excluding diaryl/α,β-unsaturated/α-hetero) is 2. The van der Waals surface area contributed by atoms with E-state index in [0.29, 0.717) is 33.8 Å². The van der Waals surface area contributed by atoms with E-state index in [2.05, 4.69) is 0 Å². The van der Waals surface area contributed by atoms with Crippen LogP contribution in [-0.2, 0) is 0 Å². The number of ether oxygens (including phenoxy) is 2. The molecule has 0 atom stereocenters. The molecule has 2 rings (SSSR count). The predicted octanol–water partition coefficient (Wildman–Crippen LogP) is 3.80. The minimum Gasteiger partial charge on any atom is -0.507 e. The molecule has 2 aromatic carbocycles. The number of hydrogen-bond donors (Lipinski definition) is 2. The highest BCUT2D eigenvalue weighted by Gasteiger charge is 2.26. The summed E-state index contributed by atoms with van der Waals surface area (Å²) in [6.07, 6.45) is 0. The SMILES string of the molecule is COc1cc(O)c(C(C)=O)c(C)c1-c1c(OC)cc(O)c(C(C)=O)c1C. The van der Waals surface area contributed by atoms with Crippen LogP contribution in [0.5, 0.6) is 23.0 Å². The number of phenolic OH excluding ortho intramolecular Hbond substituents is 2. The Hall–Kier alpha value is -3.02. The second-order valence-corrected chi connectivity index (χ2v) is 6.06. The molecule has 0 unspecified atom stereocenters. The highest BCUT2D eigenvalue weighted by atomic mass is 16.5. The van der Waals surface area contributed by atoms with Gasteiger partial charge in [0.1, 0.15) is 23.0 Å². The lowest BCUT2D eigenvalue weighted by atomic mass is 9.87. The molecule has 26 heavy (non-hydrogen) atoms. The number of carbonyl (C=O) groups excluding carboxylic acids is 2. The average molecular weight is 358 g/mol. The minimum atomic E-state index is -0.300. The van der Waals surface area contributed by atoms with Gasteiger partial charge in [-0.25, -0.2) is 0 Å². The molecule has 0 bridgehead atoms. The summed E-state index contributed by atoms with van der Waals surface area (Å²) in [5, 5.41) is 20.4. The number of aromatic hydroxyl groups is 2. The molecule has 0 aliphatic carbocycles. The van der Waals surface area contributed by atoms with Gasteiger partial charge in [0.25, 0.3) is 0 Å². The van der Waals surface area contributed by atoms with Gasteiger partial charge in [-0.05, 0) is 38.8 Å². The van der Waals surface area contributed by atoms with Crippen LogP contribution in [-0.4, -0.2) is 36.0 Å². The van der Waals surface area contributed by atoms with Crippen molar-refractivity contribution in [3.63, 3.8) is 0 Å². The van der Waals surface area contributed by atoms with Crippen molar-refractivity contribution in [3.8, 4) is 34.1 Å². The van der Waals surface area contributed by atoms with Gasteiger partial charge < -0.3 is 19.7 Å². The number of methoxy groups -OCH3 is 2. The summed E-state index contributed by atoms with van der Waals surface area (Å²) in [6.45, 7) is 6.10. The summed E-state index contributed by atoms with van der Waals surface area (Å²) in [5.74, 6) is -0.314. The number of rotatable bonds is 5. The Morgan fingerprint density at radius 3 is 1.31 bits per heavy atom. The van der Waals surface area contributed by atoms with E-state index in [1.165, 1.54) is 40.2 Å². The first-order valence-electron chi connectivity index (χ1n) is 7.98. The van der Waals surface area contributed by atoms with Gasteiger partial charge in [0.05, 0.1) is 25.3 Å². The normalized spacial score (nSPS) is 10.5. The third kappa shape index (κ3) is 2.98. The lowest BCUT2D eigenvalue weighted by molar-refractivity contribution is 0.100. The first kappa shape index (κ1) is 19.3. The molecule has 0 saturated carbocycles. The molecule has 0 spiro atoms. The maximum Gasteiger partial charge on any atom is 0.163 e. The Kier molecular flexibility index (Phi) is 5.25. The van der Waals surface area contributed by atoms with Gasteiger partial charge in [0, 0.05) is 23.3 Å². The molecule has 6 heteroatoms. The summed E-state index contributed by atoms with van der Waals surface area (Å²) in [5.41, 5.74) is 2.37. The first-order chi connectivity index (χ1) is 12.1. The molecule has 0 saturated heterocycles. The molecule has 0 radical (unpaired) electrons. The fraction of sp³-hybridized carbons (Fsp3) is 0.300. The molecule has 0 aliphatic heterocycles. The molecule has 0 fully saturated rings. The average Bonchev–Trinajstić information content (AvgIpc) is 2.54. The van der Waals surface area contributed by atoms with Gasteiger partial charge in [-0.3, -0.25) is 9.59 Å². The molecule has 2 aromatic rings. The zero-order chi connectivity index (χ0) is 19.8. The topological polar surface area (TPSA) is 93.1 Å². The highest BCUT2D eigenvalue weighted by Crippen LogP contribution is 2.47. The maximum atomic E-state index is 12.0. The van der Waals surface area contributed by atoms with Crippen LogP contribution in [0.3, 0.4) is 0 Å². The predicted molar refractivity (Wildman–Crippen MR) is 97.8 cm³/mol. The van der Waals surface area contributed by atoms with Gasteiger partial charge in [0.15, 0.2) is 11.6 Å². The Morgan fingerprint density at radius 1 is 0.769 bits per heavy atom. The van der Waals surface area contributed by atoms with E-state index in [4.69, 9.17) is 9.47 Å². The Bertz CT molecular complexity index is 836. The fourth-order valence-electron chi connectivity index (χ4n) is 3.37. The number of ketones is 2. The van der Waals surface area contributed by atoms with Gasteiger partial charge in [-0.1, -0.05) is 0 Å². The third-order valence-electron chi connectivity index (χ3n) is 4.43. The molecule has 2 N–H and O–H groups in total. The van der Waals surface area contributed by atoms with E-state index in [1.807, 2.05) is 0 Å². The van der Waals surface area contributed by atoms with Crippen molar-refractivity contribution in [1.82, 2.24) is 0 Å². The van der Waals surface area contributed by atoms with E-state index in [0.717, 1.165) is 0 Å². The number of phenols is 2. The molecule has 0 heterocycles. The van der Waals surface area contributed by atoms with Gasteiger partial charge in [0.2, 0.25) is 0 Å². The zero-order valence-corrected chi connectivity index (χ0v) is 15.7. The van der Waals surface area contributed by atoms with Gasteiger partial charge in [-0.15, -0.1) is 0 Å². The van der Waals surface area contributed by atoms with Crippen molar-refractivity contribution < 1.29 is 29.3 Å². The Labute approximate surface area is 152 Å². The van der Waals surface area contributed by atoms with Crippen molar-refractivity contribution in [2.45, 2.75) is 27.7 Å². The van der Waals surface area contributed by atoms with E-state index in [9.17, 15) is 19.8 Å². The minimum absolute atomic E-state index is 0.166. The Morgan fingerprint density at radius 2 is 1.08 bits per heavy atom. The summed E-state index contributed by atoms with van der Waals surface area (Å²) >= 11 is 0. The summed E-state index contributed by atoms with van der Waals surface area (Å²) < 4.78 is 10.8. The van der Waals surface area contributed by atoms with Crippen LogP contribution in [0.2, 0.25) is 0 Å². The number of benzene rings is 2. The summed E-state index contributed by atoms with van der Waals surface area (Å²) in [6, 6.07) is 2.72. The van der Waals surface area contributed by atoms with Crippen LogP contribution in [0.1, 0.15) is 45.7 Å². The largest absolute Gasteiger partial charge is 0.507 e. The first-order valence-corrected chi connectivity index (χ1v) is 7.98. The lowest BCUT2D eigenvalue weighted by Crippen LogP contribution is -2.06. The third-order valence-corrected chi connectivity index (χ3v) is 4.43. The van der Waals surface area contributed by atoms with E-state index < -0.39 is 0 Å². The molecule has 138 valence electrons. The quantitative estimate of drug-likeness (QED) is 0.790. The van der Waals surface area contributed by atoms with E-state index >= 15 is 0 Å². The summed E-state index contributed by atoms with van der Waals surface area (Å²) in [4.78, 5) is 24.0. The fourth-order valence-corrected chi connectivity index (χ4v) is 3.37. The van der Waals surface area contributed by atoms with Gasteiger partial charge >= 0.3 is 0 Å². The van der Waals surface area contributed by atoms with Crippen molar-refractivity contribution >= 4 is 11.6 Å². The molecule has 0 amide bonds. The number of hydrogen-bond acceptors (Lipinski definition) is 6. The molecule has 6 nitrogen and oxygen atoms in total. The van der Waals surface area contributed by atoms with Crippen LogP contribution in [0.4, 0.5) is 0 Å². The molecule has 0 aromatic heterocycles. The van der Waals surface area contributed by atoms with E-state index in [-0.39, 0.29) is 34.2 Å². The Balaban J connectivity index is 3.05. The standard InChI is InChI=1S/C20H22O6/c1-9-17(11(3)21)13(23)7-15(25-5)19(9)20-10(2)18(12(4)22)14(24)8-16(20)26-6/h7-8,23-24H,1-6H3. The summed E-state index contributed by atoms with van der Waals surface area (Å²) in [7, 11) is 2.89.